The molecule has 2 N–H and O–H groups in total. The van der Waals surface area contributed by atoms with Gasteiger partial charge in [0.1, 0.15) is 5.69 Å². The molecule has 0 spiro atoms. The van der Waals surface area contributed by atoms with Gasteiger partial charge in [0.05, 0.1) is 11.0 Å². The van der Waals surface area contributed by atoms with Crippen LogP contribution >= 0.6 is 23.7 Å². The standard InChI is InChI=1S/C9H10N4OS.ClH/c10-9(2-1-3-9)8-12-7(14-13-8)6-4-15-5-11-6;/h4-5H,1-3,10H2;1H. The van der Waals surface area contributed by atoms with E-state index >= 15 is 0 Å². The van der Waals surface area contributed by atoms with E-state index in [1.165, 1.54) is 11.3 Å². The van der Waals surface area contributed by atoms with Gasteiger partial charge in [-0.2, -0.15) is 4.98 Å². The number of hydrogen-bond donors (Lipinski definition) is 1. The fraction of sp³-hybridized carbons (Fsp3) is 0.444. The van der Waals surface area contributed by atoms with Gasteiger partial charge in [-0.3, -0.25) is 0 Å². The van der Waals surface area contributed by atoms with Crippen molar-refractivity contribution >= 4 is 23.7 Å². The third-order valence-electron chi connectivity index (χ3n) is 2.77. The van der Waals surface area contributed by atoms with E-state index in [1.807, 2.05) is 5.38 Å². The quantitative estimate of drug-likeness (QED) is 0.891. The molecule has 1 aliphatic carbocycles. The van der Waals surface area contributed by atoms with Crippen LogP contribution in [0.4, 0.5) is 0 Å². The summed E-state index contributed by atoms with van der Waals surface area (Å²) in [7, 11) is 0. The number of nitrogens with two attached hydrogens (primary N) is 1. The second-order valence-electron chi connectivity index (χ2n) is 3.81. The molecule has 3 rings (SSSR count). The van der Waals surface area contributed by atoms with Crippen LogP contribution in [0.25, 0.3) is 11.6 Å². The second-order valence-corrected chi connectivity index (χ2v) is 4.53. The van der Waals surface area contributed by atoms with Crippen molar-refractivity contribution in [1.29, 1.82) is 0 Å². The maximum absolute atomic E-state index is 6.09. The highest BCUT2D eigenvalue weighted by molar-refractivity contribution is 7.07. The first-order chi connectivity index (χ1) is 7.28. The van der Waals surface area contributed by atoms with Crippen LogP contribution in [0.3, 0.4) is 0 Å². The highest BCUT2D eigenvalue weighted by atomic mass is 35.5. The average Bonchev–Trinajstić information content (AvgIpc) is 2.84. The zero-order valence-electron chi connectivity index (χ0n) is 8.42. The maximum atomic E-state index is 6.09. The summed E-state index contributed by atoms with van der Waals surface area (Å²) >= 11 is 1.50. The molecule has 86 valence electrons. The molecule has 0 unspecified atom stereocenters. The number of rotatable bonds is 2. The Labute approximate surface area is 102 Å². The minimum absolute atomic E-state index is 0. The van der Waals surface area contributed by atoms with Crippen LogP contribution < -0.4 is 5.73 Å². The minimum atomic E-state index is -0.363. The zero-order chi connectivity index (χ0) is 10.3. The topological polar surface area (TPSA) is 77.8 Å². The molecule has 2 aromatic rings. The van der Waals surface area contributed by atoms with Gasteiger partial charge in [-0.25, -0.2) is 4.98 Å². The first kappa shape index (κ1) is 11.5. The summed E-state index contributed by atoms with van der Waals surface area (Å²) in [5.41, 5.74) is 8.19. The Morgan fingerprint density at radius 2 is 2.25 bits per heavy atom. The molecule has 7 heteroatoms. The van der Waals surface area contributed by atoms with Crippen molar-refractivity contribution in [2.45, 2.75) is 24.8 Å². The fourth-order valence-corrected chi connectivity index (χ4v) is 2.16. The van der Waals surface area contributed by atoms with Gasteiger partial charge in [0, 0.05) is 5.38 Å². The van der Waals surface area contributed by atoms with Gasteiger partial charge in [-0.05, 0) is 19.3 Å². The number of halogens is 1. The molecule has 1 aliphatic rings. The summed E-state index contributed by atoms with van der Waals surface area (Å²) in [5, 5.41) is 5.80. The van der Waals surface area contributed by atoms with Gasteiger partial charge in [0.2, 0.25) is 0 Å². The Kier molecular flexibility index (Phi) is 2.96. The van der Waals surface area contributed by atoms with Crippen molar-refractivity contribution in [3.63, 3.8) is 0 Å². The SMILES string of the molecule is Cl.NC1(c2noc(-c3cscn3)n2)CCC1. The van der Waals surface area contributed by atoms with Crippen LogP contribution in [0.1, 0.15) is 25.1 Å². The van der Waals surface area contributed by atoms with E-state index in [1.54, 1.807) is 5.51 Å². The van der Waals surface area contributed by atoms with Crippen LogP contribution in [0.5, 0.6) is 0 Å². The molecule has 2 aromatic heterocycles. The molecular weight excluding hydrogens is 248 g/mol. The van der Waals surface area contributed by atoms with Crippen LogP contribution in [-0.2, 0) is 5.54 Å². The molecule has 2 heterocycles. The predicted molar refractivity (Wildman–Crippen MR) is 62.4 cm³/mol. The highest BCUT2D eigenvalue weighted by Gasteiger charge is 2.39. The lowest BCUT2D eigenvalue weighted by molar-refractivity contribution is 0.229. The van der Waals surface area contributed by atoms with Crippen molar-refractivity contribution < 1.29 is 4.52 Å². The zero-order valence-corrected chi connectivity index (χ0v) is 10.1. The molecule has 5 nitrogen and oxygen atoms in total. The van der Waals surface area contributed by atoms with Crippen molar-refractivity contribution in [3.8, 4) is 11.6 Å². The van der Waals surface area contributed by atoms with E-state index < -0.39 is 0 Å². The van der Waals surface area contributed by atoms with Crippen molar-refractivity contribution in [2.24, 2.45) is 5.73 Å². The monoisotopic (exact) mass is 258 g/mol. The van der Waals surface area contributed by atoms with Gasteiger partial charge in [0.15, 0.2) is 5.82 Å². The van der Waals surface area contributed by atoms with Gasteiger partial charge in [-0.15, -0.1) is 23.7 Å². The van der Waals surface area contributed by atoms with E-state index in [0.717, 1.165) is 25.0 Å². The lowest BCUT2D eigenvalue weighted by Gasteiger charge is -2.34. The average molecular weight is 259 g/mol. The molecule has 0 amide bonds. The number of thiazole rings is 1. The summed E-state index contributed by atoms with van der Waals surface area (Å²) in [6.07, 6.45) is 3.00. The number of nitrogens with zero attached hydrogens (tertiary/aromatic N) is 3. The van der Waals surface area contributed by atoms with Crippen molar-refractivity contribution in [1.82, 2.24) is 15.1 Å². The summed E-state index contributed by atoms with van der Waals surface area (Å²) in [4.78, 5) is 8.40. The maximum Gasteiger partial charge on any atom is 0.277 e. The van der Waals surface area contributed by atoms with E-state index in [-0.39, 0.29) is 17.9 Å². The first-order valence-corrected chi connectivity index (χ1v) is 5.74. The molecule has 0 atom stereocenters. The molecular formula is C9H11ClN4OS. The van der Waals surface area contributed by atoms with E-state index in [0.29, 0.717) is 11.7 Å². The Hall–Kier alpha value is -0.980. The van der Waals surface area contributed by atoms with Crippen LogP contribution in [0, 0.1) is 0 Å². The van der Waals surface area contributed by atoms with Crippen LogP contribution in [0.15, 0.2) is 15.4 Å². The third-order valence-corrected chi connectivity index (χ3v) is 3.36. The van der Waals surface area contributed by atoms with Crippen molar-refractivity contribution in [2.75, 3.05) is 0 Å². The largest absolute Gasteiger partial charge is 0.332 e. The molecule has 1 saturated carbocycles. The Bertz CT molecular complexity index is 466. The second kappa shape index (κ2) is 4.12. The summed E-state index contributed by atoms with van der Waals surface area (Å²) in [5.74, 6) is 1.07. The van der Waals surface area contributed by atoms with E-state index in [9.17, 15) is 0 Å². The first-order valence-electron chi connectivity index (χ1n) is 4.80. The molecule has 0 saturated heterocycles. The van der Waals surface area contributed by atoms with E-state index in [4.69, 9.17) is 10.3 Å². The highest BCUT2D eigenvalue weighted by Crippen LogP contribution is 2.37. The Morgan fingerprint density at radius 3 is 2.81 bits per heavy atom. The third kappa shape index (κ3) is 1.73. The summed E-state index contributed by atoms with van der Waals surface area (Å²) in [6.45, 7) is 0. The van der Waals surface area contributed by atoms with Crippen LogP contribution in [-0.4, -0.2) is 15.1 Å². The lowest BCUT2D eigenvalue weighted by atomic mass is 9.77. The molecule has 0 aromatic carbocycles. The Balaban J connectivity index is 0.000000963. The number of hydrogen-bond acceptors (Lipinski definition) is 6. The molecule has 0 aliphatic heterocycles. The van der Waals surface area contributed by atoms with Crippen LogP contribution in [0.2, 0.25) is 0 Å². The molecule has 0 radical (unpaired) electrons. The van der Waals surface area contributed by atoms with Gasteiger partial charge < -0.3 is 10.3 Å². The van der Waals surface area contributed by atoms with Gasteiger partial charge in [0.25, 0.3) is 5.89 Å². The smallest absolute Gasteiger partial charge is 0.277 e. The summed E-state index contributed by atoms with van der Waals surface area (Å²) < 4.78 is 5.13. The summed E-state index contributed by atoms with van der Waals surface area (Å²) in [6, 6.07) is 0. The Morgan fingerprint density at radius 1 is 1.44 bits per heavy atom. The molecule has 0 bridgehead atoms. The fourth-order valence-electron chi connectivity index (χ4n) is 1.63. The molecule has 1 fully saturated rings. The van der Waals surface area contributed by atoms with Crippen molar-refractivity contribution in [3.05, 3.63) is 16.7 Å². The lowest BCUT2D eigenvalue weighted by Crippen LogP contribution is -2.44. The van der Waals surface area contributed by atoms with Gasteiger partial charge >= 0.3 is 0 Å². The van der Waals surface area contributed by atoms with E-state index in [2.05, 4.69) is 15.1 Å². The molecule has 16 heavy (non-hydrogen) atoms. The predicted octanol–water partition coefficient (Wildman–Crippen LogP) is 1.95. The number of aromatic nitrogens is 3. The normalized spacial score (nSPS) is 17.6. The minimum Gasteiger partial charge on any atom is -0.332 e. The van der Waals surface area contributed by atoms with Gasteiger partial charge in [-0.1, -0.05) is 5.16 Å².